The zero-order valence-electron chi connectivity index (χ0n) is 16.9. The number of carboxylic acids is 1. The molecule has 0 aliphatic heterocycles. The van der Waals surface area contributed by atoms with Gasteiger partial charge in [-0.3, -0.25) is 0 Å². The smallest absolute Gasteiger partial charge is 0.335 e. The quantitative estimate of drug-likeness (QED) is 0.512. The van der Waals surface area contributed by atoms with Gasteiger partial charge in [0.1, 0.15) is 0 Å². The summed E-state index contributed by atoms with van der Waals surface area (Å²) >= 11 is 0. The summed E-state index contributed by atoms with van der Waals surface area (Å²) in [5.74, 6) is -0.844. The van der Waals surface area contributed by atoms with Crippen LogP contribution in [0.4, 0.5) is 0 Å². The molecule has 4 heteroatoms. The van der Waals surface area contributed by atoms with Crippen molar-refractivity contribution in [3.63, 3.8) is 0 Å². The number of aryl methyl sites for hydroxylation is 1. The van der Waals surface area contributed by atoms with E-state index in [1.165, 1.54) is 75.8 Å². The SMILES string of the molecule is CCO[Si](CCc1ccc(C(=O)O)cc1)(C1CCCCC1)C1CCCCC1. The summed E-state index contributed by atoms with van der Waals surface area (Å²) in [4.78, 5) is 11.1. The molecule has 1 aromatic carbocycles. The van der Waals surface area contributed by atoms with Gasteiger partial charge in [-0.05, 0) is 48.2 Å². The average Bonchev–Trinajstić information content (AvgIpc) is 2.73. The van der Waals surface area contributed by atoms with E-state index in [1.54, 1.807) is 12.1 Å². The molecule has 0 heterocycles. The summed E-state index contributed by atoms with van der Waals surface area (Å²) in [5, 5.41) is 9.13. The third kappa shape index (κ3) is 5.03. The number of benzene rings is 1. The summed E-state index contributed by atoms with van der Waals surface area (Å²) in [6.45, 7) is 3.05. The summed E-state index contributed by atoms with van der Waals surface area (Å²) in [5.41, 5.74) is 3.30. The second kappa shape index (κ2) is 9.88. The maximum Gasteiger partial charge on any atom is 0.335 e. The number of carbonyl (C=O) groups is 1. The van der Waals surface area contributed by atoms with Crippen LogP contribution in [0.5, 0.6) is 0 Å². The van der Waals surface area contributed by atoms with Gasteiger partial charge in [-0.2, -0.15) is 0 Å². The molecule has 0 atom stereocenters. The fourth-order valence-corrected chi connectivity index (χ4v) is 11.7. The molecule has 2 aliphatic carbocycles. The van der Waals surface area contributed by atoms with Gasteiger partial charge in [-0.15, -0.1) is 0 Å². The normalized spacial score (nSPS) is 19.9. The maximum absolute atomic E-state index is 11.1. The lowest BCUT2D eigenvalue weighted by molar-refractivity contribution is 0.0697. The lowest BCUT2D eigenvalue weighted by Crippen LogP contribution is -2.49. The first-order valence-corrected chi connectivity index (χ1v) is 13.4. The van der Waals surface area contributed by atoms with Crippen LogP contribution in [0.25, 0.3) is 0 Å². The van der Waals surface area contributed by atoms with Gasteiger partial charge in [0.2, 0.25) is 0 Å². The minimum atomic E-state index is -1.83. The highest BCUT2D eigenvalue weighted by atomic mass is 28.4. The van der Waals surface area contributed by atoms with Crippen LogP contribution in [-0.2, 0) is 10.8 Å². The molecule has 0 amide bonds. The Morgan fingerprint density at radius 2 is 1.48 bits per heavy atom. The molecule has 27 heavy (non-hydrogen) atoms. The zero-order chi connectivity index (χ0) is 19.1. The molecule has 1 aromatic rings. The van der Waals surface area contributed by atoms with E-state index in [2.05, 4.69) is 6.92 Å². The van der Waals surface area contributed by atoms with Crippen LogP contribution in [0.15, 0.2) is 24.3 Å². The Morgan fingerprint density at radius 3 is 1.93 bits per heavy atom. The van der Waals surface area contributed by atoms with Gasteiger partial charge in [0.25, 0.3) is 0 Å². The maximum atomic E-state index is 11.1. The molecule has 150 valence electrons. The molecule has 2 saturated carbocycles. The third-order valence-corrected chi connectivity index (χ3v) is 12.8. The van der Waals surface area contributed by atoms with E-state index in [0.29, 0.717) is 5.56 Å². The van der Waals surface area contributed by atoms with Crippen molar-refractivity contribution in [1.29, 1.82) is 0 Å². The molecule has 0 aromatic heterocycles. The lowest BCUT2D eigenvalue weighted by Gasteiger charge is -2.47. The third-order valence-electron chi connectivity index (χ3n) is 7.01. The standard InChI is InChI=1S/C23H36O3Si/c1-2-26-27(21-9-5-3-6-10-21,22-11-7-4-8-12-22)18-17-19-13-15-20(16-14-19)23(24)25/h13-16,21-22H,2-12,17-18H2,1H3,(H,24,25). The fourth-order valence-electron chi connectivity index (χ4n) is 5.65. The van der Waals surface area contributed by atoms with E-state index in [1.807, 2.05) is 12.1 Å². The van der Waals surface area contributed by atoms with Crippen LogP contribution in [0, 0.1) is 0 Å². The molecule has 0 spiro atoms. The van der Waals surface area contributed by atoms with E-state index in [-0.39, 0.29) is 0 Å². The molecular weight excluding hydrogens is 352 g/mol. The van der Waals surface area contributed by atoms with Crippen LogP contribution in [-0.4, -0.2) is 26.0 Å². The highest BCUT2D eigenvalue weighted by Gasteiger charge is 2.49. The number of hydrogen-bond acceptors (Lipinski definition) is 2. The van der Waals surface area contributed by atoms with Crippen LogP contribution >= 0.6 is 0 Å². The summed E-state index contributed by atoms with van der Waals surface area (Å²) < 4.78 is 6.84. The monoisotopic (exact) mass is 388 g/mol. The van der Waals surface area contributed by atoms with Gasteiger partial charge in [0, 0.05) is 6.61 Å². The Labute approximate surface area is 165 Å². The van der Waals surface area contributed by atoms with E-state index >= 15 is 0 Å². The van der Waals surface area contributed by atoms with Crippen LogP contribution < -0.4 is 0 Å². The Bertz CT molecular complexity index is 568. The predicted octanol–water partition coefficient (Wildman–Crippen LogP) is 6.58. The highest BCUT2D eigenvalue weighted by molar-refractivity contribution is 6.76. The Hall–Kier alpha value is -1.13. The molecule has 0 unspecified atom stereocenters. The molecule has 2 fully saturated rings. The summed E-state index contributed by atoms with van der Waals surface area (Å²) in [7, 11) is -1.83. The largest absolute Gasteiger partial charge is 0.478 e. The van der Waals surface area contributed by atoms with Gasteiger partial charge < -0.3 is 9.53 Å². The summed E-state index contributed by atoms with van der Waals surface area (Å²) in [6, 6.07) is 8.74. The summed E-state index contributed by atoms with van der Waals surface area (Å²) in [6.07, 6.45) is 14.9. The van der Waals surface area contributed by atoms with Crippen molar-refractivity contribution >= 4 is 14.3 Å². The second-order valence-electron chi connectivity index (χ2n) is 8.56. The predicted molar refractivity (Wildman–Crippen MR) is 113 cm³/mol. The Balaban J connectivity index is 1.79. The second-order valence-corrected chi connectivity index (χ2v) is 12.9. The number of carboxylic acid groups (broad SMARTS) is 1. The van der Waals surface area contributed by atoms with Gasteiger partial charge in [-0.25, -0.2) is 4.79 Å². The Morgan fingerprint density at radius 1 is 0.963 bits per heavy atom. The molecule has 0 bridgehead atoms. The topological polar surface area (TPSA) is 46.5 Å². The minimum absolute atomic E-state index is 0.381. The number of hydrogen-bond donors (Lipinski definition) is 1. The van der Waals surface area contributed by atoms with E-state index in [4.69, 9.17) is 9.53 Å². The lowest BCUT2D eigenvalue weighted by atomic mass is 9.99. The molecule has 0 saturated heterocycles. The van der Waals surface area contributed by atoms with E-state index in [0.717, 1.165) is 24.1 Å². The first kappa shape index (κ1) is 20.6. The van der Waals surface area contributed by atoms with Gasteiger partial charge in [-0.1, -0.05) is 76.3 Å². The van der Waals surface area contributed by atoms with Crippen molar-refractivity contribution in [3.05, 3.63) is 35.4 Å². The van der Waals surface area contributed by atoms with E-state index < -0.39 is 14.3 Å². The molecule has 2 aliphatic rings. The number of rotatable bonds is 8. The van der Waals surface area contributed by atoms with Crippen molar-refractivity contribution < 1.29 is 14.3 Å². The fraction of sp³-hybridized carbons (Fsp3) is 0.696. The first-order chi connectivity index (χ1) is 13.2. The van der Waals surface area contributed by atoms with Crippen molar-refractivity contribution in [2.45, 2.75) is 94.7 Å². The first-order valence-electron chi connectivity index (χ1n) is 11.1. The van der Waals surface area contributed by atoms with E-state index in [9.17, 15) is 4.79 Å². The Kier molecular flexibility index (Phi) is 7.54. The molecule has 1 N–H and O–H groups in total. The highest BCUT2D eigenvalue weighted by Crippen LogP contribution is 2.51. The van der Waals surface area contributed by atoms with Crippen LogP contribution in [0.2, 0.25) is 17.1 Å². The van der Waals surface area contributed by atoms with Gasteiger partial charge in [0.15, 0.2) is 8.32 Å². The van der Waals surface area contributed by atoms with Crippen LogP contribution in [0.3, 0.4) is 0 Å². The molecular formula is C23H36O3Si. The molecule has 3 nitrogen and oxygen atoms in total. The average molecular weight is 389 g/mol. The van der Waals surface area contributed by atoms with Crippen molar-refractivity contribution in [1.82, 2.24) is 0 Å². The van der Waals surface area contributed by atoms with Crippen molar-refractivity contribution in [2.75, 3.05) is 6.61 Å². The number of aromatic carboxylic acids is 1. The minimum Gasteiger partial charge on any atom is -0.478 e. The van der Waals surface area contributed by atoms with Gasteiger partial charge in [0.05, 0.1) is 5.56 Å². The van der Waals surface area contributed by atoms with Crippen molar-refractivity contribution in [2.24, 2.45) is 0 Å². The van der Waals surface area contributed by atoms with Crippen molar-refractivity contribution in [3.8, 4) is 0 Å². The van der Waals surface area contributed by atoms with Crippen LogP contribution in [0.1, 0.15) is 87.1 Å². The zero-order valence-corrected chi connectivity index (χ0v) is 17.9. The van der Waals surface area contributed by atoms with Gasteiger partial charge >= 0.3 is 5.97 Å². The molecule has 0 radical (unpaired) electrons. The molecule has 3 rings (SSSR count).